The van der Waals surface area contributed by atoms with Gasteiger partial charge in [0, 0.05) is 54.6 Å². The summed E-state index contributed by atoms with van der Waals surface area (Å²) in [5.74, 6) is 0. The number of nitrogens with zero attached hydrogens (tertiary/aromatic N) is 5. The molecule has 6 aromatic carbocycles. The topological polar surface area (TPSA) is 27.5 Å². The fourth-order valence-electron chi connectivity index (χ4n) is 7.77. The molecule has 0 atom stereocenters. The van der Waals surface area contributed by atoms with E-state index in [1.165, 1.54) is 33.6 Å². The van der Waals surface area contributed by atoms with Gasteiger partial charge < -0.3 is 14.6 Å². The van der Waals surface area contributed by atoms with Crippen LogP contribution in [0.4, 0.5) is 34.1 Å². The van der Waals surface area contributed by atoms with E-state index in [1.54, 1.807) is 0 Å². The number of rotatable bonds is 3. The minimum absolute atomic E-state index is 0. The molecular formula is C42H29BN5Pd-3. The maximum atomic E-state index is 4.83. The third-order valence-corrected chi connectivity index (χ3v) is 9.80. The summed E-state index contributed by atoms with van der Waals surface area (Å²) in [5.41, 5.74) is 16.8. The van der Waals surface area contributed by atoms with Gasteiger partial charge in [0.15, 0.2) is 0 Å². The van der Waals surface area contributed by atoms with E-state index in [2.05, 4.69) is 174 Å². The van der Waals surface area contributed by atoms with E-state index in [4.69, 9.17) is 5.10 Å². The monoisotopic (exact) mass is 720 g/mol. The fourth-order valence-corrected chi connectivity index (χ4v) is 7.77. The molecule has 7 heteroatoms. The minimum atomic E-state index is -0.139. The summed E-state index contributed by atoms with van der Waals surface area (Å²) in [6.45, 7) is 6.19. The van der Waals surface area contributed by atoms with Crippen molar-refractivity contribution in [2.24, 2.45) is 0 Å². The second kappa shape index (κ2) is 11.4. The van der Waals surface area contributed by atoms with Crippen molar-refractivity contribution in [3.8, 4) is 27.9 Å². The van der Waals surface area contributed by atoms with Gasteiger partial charge in [-0.25, -0.2) is 0 Å². The van der Waals surface area contributed by atoms with Crippen molar-refractivity contribution in [3.63, 3.8) is 0 Å². The second-order valence-corrected chi connectivity index (χ2v) is 12.7. The van der Waals surface area contributed by atoms with Crippen molar-refractivity contribution in [2.45, 2.75) is 13.8 Å². The zero-order chi connectivity index (χ0) is 31.9. The molecule has 3 aliphatic rings. The first kappa shape index (κ1) is 29.8. The van der Waals surface area contributed by atoms with Gasteiger partial charge in [-0.15, -0.1) is 35.6 Å². The van der Waals surface area contributed by atoms with Crippen molar-refractivity contribution in [1.82, 2.24) is 9.78 Å². The standard InChI is InChI=1S/C42H29BN5.Pd/c1-28-24-29(2)48(44-28)32-21-23-34-36-15-7-9-17-40(36)47-39-16-8-6-14-35(39)33-22-20-31(25-37(33)43(47)38(34)26-32)46-27-45(30-12-4-3-5-13-30)41-18-10-11-19-42(41)46;/h3-24,27H,1-2H3;/q-3;. The van der Waals surface area contributed by atoms with Gasteiger partial charge in [-0.2, -0.15) is 40.3 Å². The molecule has 3 aliphatic heterocycles. The van der Waals surface area contributed by atoms with Gasteiger partial charge >= 0.3 is 0 Å². The van der Waals surface area contributed by atoms with Gasteiger partial charge in [0.05, 0.1) is 5.69 Å². The van der Waals surface area contributed by atoms with E-state index in [0.29, 0.717) is 0 Å². The first-order valence-corrected chi connectivity index (χ1v) is 16.4. The van der Waals surface area contributed by atoms with Crippen LogP contribution in [0.25, 0.3) is 27.9 Å². The Hall–Kier alpha value is -5.34. The van der Waals surface area contributed by atoms with Crippen LogP contribution in [0.1, 0.15) is 11.4 Å². The van der Waals surface area contributed by atoms with Crippen LogP contribution in [-0.4, -0.2) is 16.6 Å². The molecule has 0 saturated heterocycles. The summed E-state index contributed by atoms with van der Waals surface area (Å²) >= 11 is 0. The molecule has 0 unspecified atom stereocenters. The van der Waals surface area contributed by atoms with Gasteiger partial charge in [0.25, 0.3) is 6.85 Å². The Balaban J connectivity index is 0.00000325. The Morgan fingerprint density at radius 2 is 1.08 bits per heavy atom. The fraction of sp³-hybridized carbons (Fsp3) is 0.0476. The Labute approximate surface area is 300 Å². The Morgan fingerprint density at radius 3 is 1.69 bits per heavy atom. The number of aromatic nitrogens is 2. The number of para-hydroxylation sites is 5. The molecule has 0 saturated carbocycles. The molecule has 0 fully saturated rings. The molecule has 0 N–H and O–H groups in total. The third kappa shape index (κ3) is 4.47. The van der Waals surface area contributed by atoms with Crippen molar-refractivity contribution in [1.29, 1.82) is 0 Å². The summed E-state index contributed by atoms with van der Waals surface area (Å²) in [5, 5.41) is 4.83. The molecule has 1 aromatic heterocycles. The molecule has 7 aromatic rings. The molecule has 0 spiro atoms. The molecule has 0 amide bonds. The largest absolute Gasteiger partial charge is 0.493 e. The minimum Gasteiger partial charge on any atom is -0.493 e. The zero-order valence-corrected chi connectivity index (χ0v) is 28.5. The zero-order valence-electron chi connectivity index (χ0n) is 26.9. The van der Waals surface area contributed by atoms with Crippen molar-refractivity contribution < 1.29 is 20.4 Å². The third-order valence-electron chi connectivity index (χ3n) is 9.80. The normalized spacial score (nSPS) is 13.5. The van der Waals surface area contributed by atoms with Gasteiger partial charge in [-0.1, -0.05) is 77.9 Å². The van der Waals surface area contributed by atoms with Crippen LogP contribution in [0.3, 0.4) is 0 Å². The van der Waals surface area contributed by atoms with E-state index in [0.717, 1.165) is 50.8 Å². The maximum absolute atomic E-state index is 4.83. The van der Waals surface area contributed by atoms with Gasteiger partial charge in [0.2, 0.25) is 0 Å². The van der Waals surface area contributed by atoms with E-state index >= 15 is 0 Å². The Kier molecular flexibility index (Phi) is 6.91. The second-order valence-electron chi connectivity index (χ2n) is 12.7. The van der Waals surface area contributed by atoms with Crippen LogP contribution in [-0.2, 0) is 20.4 Å². The summed E-state index contributed by atoms with van der Waals surface area (Å²) in [6, 6.07) is 55.5. The number of hydrogen-bond acceptors (Lipinski definition) is 4. The summed E-state index contributed by atoms with van der Waals surface area (Å²) in [7, 11) is 0. The molecule has 0 aliphatic carbocycles. The molecule has 49 heavy (non-hydrogen) atoms. The van der Waals surface area contributed by atoms with Gasteiger partial charge in [-0.05, 0) is 62.0 Å². The predicted molar refractivity (Wildman–Crippen MR) is 197 cm³/mol. The molecule has 5 nitrogen and oxygen atoms in total. The Bertz CT molecular complexity index is 2400. The van der Waals surface area contributed by atoms with Crippen molar-refractivity contribution in [2.75, 3.05) is 14.6 Å². The number of aryl methyl sites for hydroxylation is 2. The first-order chi connectivity index (χ1) is 23.6. The molecule has 238 valence electrons. The van der Waals surface area contributed by atoms with Crippen LogP contribution < -0.4 is 25.5 Å². The summed E-state index contributed by atoms with van der Waals surface area (Å²) in [4.78, 5) is 7.01. The molecule has 0 radical (unpaired) electrons. The van der Waals surface area contributed by atoms with Crippen molar-refractivity contribution in [3.05, 3.63) is 164 Å². The van der Waals surface area contributed by atoms with Crippen LogP contribution in [0.5, 0.6) is 0 Å². The SMILES string of the molecule is Cc1cc(C)n(-c2[c-]c3c(cc2)-c2ccccc2N2B3c3[c-]c(N4[CH-]N(c5ccccc5)c5ccccc54)ccc3-c3ccccc32)n1.[Pd]. The Morgan fingerprint density at radius 1 is 0.551 bits per heavy atom. The predicted octanol–water partition coefficient (Wildman–Crippen LogP) is 8.40. The van der Waals surface area contributed by atoms with Crippen LogP contribution in [0, 0.1) is 32.6 Å². The average Bonchev–Trinajstić information content (AvgIpc) is 3.70. The van der Waals surface area contributed by atoms with Gasteiger partial charge in [0.1, 0.15) is 0 Å². The number of fused-ring (bicyclic) bond motifs is 12. The number of hydrogen-bond donors (Lipinski definition) is 0. The summed E-state index contributed by atoms with van der Waals surface area (Å²) in [6.07, 6.45) is 0. The van der Waals surface area contributed by atoms with Gasteiger partial charge in [-0.3, -0.25) is 4.68 Å². The average molecular weight is 721 g/mol. The molecular weight excluding hydrogens is 692 g/mol. The van der Waals surface area contributed by atoms with E-state index in [1.807, 2.05) is 11.6 Å². The van der Waals surface area contributed by atoms with E-state index in [-0.39, 0.29) is 27.3 Å². The first-order valence-electron chi connectivity index (χ1n) is 16.4. The smallest absolute Gasteiger partial charge is 0.278 e. The maximum Gasteiger partial charge on any atom is 0.278 e. The van der Waals surface area contributed by atoms with Crippen molar-refractivity contribution >= 4 is 51.9 Å². The summed E-state index contributed by atoms with van der Waals surface area (Å²) < 4.78 is 2.01. The van der Waals surface area contributed by atoms with Crippen LogP contribution in [0.2, 0.25) is 0 Å². The quantitative estimate of drug-likeness (QED) is 0.135. The van der Waals surface area contributed by atoms with Crippen LogP contribution >= 0.6 is 0 Å². The number of anilines is 6. The molecule has 0 bridgehead atoms. The molecule has 4 heterocycles. The molecule has 10 rings (SSSR count). The van der Waals surface area contributed by atoms with E-state index in [9.17, 15) is 0 Å². The van der Waals surface area contributed by atoms with Crippen LogP contribution in [0.15, 0.2) is 133 Å². The van der Waals surface area contributed by atoms with E-state index < -0.39 is 0 Å². The number of benzene rings is 6.